The monoisotopic (exact) mass is 336 g/mol. The molecule has 2 aromatic rings. The molecule has 1 atom stereocenters. The third-order valence-corrected chi connectivity index (χ3v) is 3.56. The highest BCUT2D eigenvalue weighted by Gasteiger charge is 2.23. The van der Waals surface area contributed by atoms with E-state index >= 15 is 0 Å². The van der Waals surface area contributed by atoms with Crippen LogP contribution in [0.15, 0.2) is 51.6 Å². The molecule has 0 aliphatic rings. The summed E-state index contributed by atoms with van der Waals surface area (Å²) in [6.07, 6.45) is 0. The first kappa shape index (κ1) is 14.8. The molecular weight excluding hydrogens is 320 g/mol. The van der Waals surface area contributed by atoms with Crippen molar-refractivity contribution in [1.82, 2.24) is 4.90 Å². The maximum absolute atomic E-state index is 12.5. The molecule has 4 nitrogen and oxygen atoms in total. The van der Waals surface area contributed by atoms with Gasteiger partial charge in [0.2, 0.25) is 5.91 Å². The maximum atomic E-state index is 12.5. The van der Waals surface area contributed by atoms with Gasteiger partial charge in [-0.2, -0.15) is 0 Å². The van der Waals surface area contributed by atoms with Gasteiger partial charge in [-0.15, -0.1) is 0 Å². The van der Waals surface area contributed by atoms with Crippen molar-refractivity contribution in [2.75, 3.05) is 13.6 Å². The fraction of sp³-hybridized carbons (Fsp3) is 0.267. The van der Waals surface area contributed by atoms with Crippen LogP contribution in [-0.4, -0.2) is 24.4 Å². The molecule has 0 saturated carbocycles. The smallest absolute Gasteiger partial charge is 0.231 e. The largest absolute Gasteiger partial charge is 0.452 e. The molecule has 1 heterocycles. The summed E-state index contributed by atoms with van der Waals surface area (Å²) in [7, 11) is 1.75. The topological polar surface area (TPSA) is 59.5 Å². The quantitative estimate of drug-likeness (QED) is 0.913. The number of hydrogen-bond donors (Lipinski definition) is 1. The van der Waals surface area contributed by atoms with Crippen molar-refractivity contribution in [1.29, 1.82) is 0 Å². The van der Waals surface area contributed by atoms with Crippen LogP contribution in [-0.2, 0) is 11.3 Å². The molecule has 0 radical (unpaired) electrons. The lowest BCUT2D eigenvalue weighted by atomic mass is 9.98. The third-order valence-electron chi connectivity index (χ3n) is 3.13. The Morgan fingerprint density at radius 1 is 1.30 bits per heavy atom. The van der Waals surface area contributed by atoms with Crippen LogP contribution >= 0.6 is 15.9 Å². The van der Waals surface area contributed by atoms with Crippen LogP contribution in [0.3, 0.4) is 0 Å². The van der Waals surface area contributed by atoms with E-state index in [2.05, 4.69) is 15.9 Å². The van der Waals surface area contributed by atoms with Gasteiger partial charge in [0, 0.05) is 13.6 Å². The number of benzene rings is 1. The maximum Gasteiger partial charge on any atom is 0.231 e. The highest BCUT2D eigenvalue weighted by molar-refractivity contribution is 9.10. The molecule has 2 rings (SSSR count). The van der Waals surface area contributed by atoms with Gasteiger partial charge in [-0.05, 0) is 33.6 Å². The summed E-state index contributed by atoms with van der Waals surface area (Å²) < 4.78 is 6.07. The number of nitrogens with two attached hydrogens (primary N) is 1. The van der Waals surface area contributed by atoms with Crippen LogP contribution < -0.4 is 5.73 Å². The first-order chi connectivity index (χ1) is 9.61. The van der Waals surface area contributed by atoms with E-state index in [4.69, 9.17) is 10.2 Å². The van der Waals surface area contributed by atoms with Crippen molar-refractivity contribution < 1.29 is 9.21 Å². The van der Waals surface area contributed by atoms with Gasteiger partial charge in [0.25, 0.3) is 0 Å². The Kier molecular flexibility index (Phi) is 4.98. The Balaban J connectivity index is 2.08. The van der Waals surface area contributed by atoms with E-state index in [1.165, 1.54) is 0 Å². The summed E-state index contributed by atoms with van der Waals surface area (Å²) in [5, 5.41) is 0. The van der Waals surface area contributed by atoms with Gasteiger partial charge >= 0.3 is 0 Å². The average molecular weight is 337 g/mol. The van der Waals surface area contributed by atoms with Gasteiger partial charge in [-0.3, -0.25) is 4.79 Å². The summed E-state index contributed by atoms with van der Waals surface area (Å²) in [6, 6.07) is 13.2. The molecule has 106 valence electrons. The fourth-order valence-electron chi connectivity index (χ4n) is 2.08. The predicted molar refractivity (Wildman–Crippen MR) is 81.1 cm³/mol. The molecule has 1 unspecified atom stereocenters. The molecule has 0 saturated heterocycles. The number of halogens is 1. The highest BCUT2D eigenvalue weighted by Crippen LogP contribution is 2.19. The number of nitrogens with zero attached hydrogens (tertiary/aromatic N) is 1. The number of carbonyl (C=O) groups excluding carboxylic acids is 1. The van der Waals surface area contributed by atoms with Crippen LogP contribution in [0.2, 0.25) is 0 Å². The van der Waals surface area contributed by atoms with Gasteiger partial charge in [-0.25, -0.2) is 0 Å². The minimum atomic E-state index is -0.320. The molecule has 2 N–H and O–H groups in total. The van der Waals surface area contributed by atoms with E-state index in [9.17, 15) is 4.79 Å². The Morgan fingerprint density at radius 3 is 2.55 bits per heavy atom. The van der Waals surface area contributed by atoms with Crippen molar-refractivity contribution in [3.63, 3.8) is 0 Å². The Labute approximate surface area is 126 Å². The minimum Gasteiger partial charge on any atom is -0.452 e. The van der Waals surface area contributed by atoms with E-state index in [1.54, 1.807) is 11.9 Å². The number of rotatable bonds is 5. The van der Waals surface area contributed by atoms with Crippen LogP contribution in [0.5, 0.6) is 0 Å². The zero-order valence-electron chi connectivity index (χ0n) is 11.3. The van der Waals surface area contributed by atoms with Crippen LogP contribution in [0.25, 0.3) is 0 Å². The molecule has 5 heteroatoms. The SMILES string of the molecule is CN(Cc1ccc(Br)o1)C(=O)C(CN)c1ccccc1. The van der Waals surface area contributed by atoms with Gasteiger partial charge in [0.15, 0.2) is 4.67 Å². The number of carbonyl (C=O) groups is 1. The predicted octanol–water partition coefficient (Wildman–Crippen LogP) is 2.74. The zero-order chi connectivity index (χ0) is 14.5. The normalized spacial score (nSPS) is 12.2. The Morgan fingerprint density at radius 2 is 2.00 bits per heavy atom. The fourth-order valence-corrected chi connectivity index (χ4v) is 2.42. The lowest BCUT2D eigenvalue weighted by Gasteiger charge is -2.22. The van der Waals surface area contributed by atoms with Crippen molar-refractivity contribution >= 4 is 21.8 Å². The summed E-state index contributed by atoms with van der Waals surface area (Å²) in [5.74, 6) is 0.405. The zero-order valence-corrected chi connectivity index (χ0v) is 12.8. The molecule has 0 aliphatic carbocycles. The minimum absolute atomic E-state index is 0.00813. The second-order valence-electron chi connectivity index (χ2n) is 4.60. The van der Waals surface area contributed by atoms with Crippen molar-refractivity contribution in [2.45, 2.75) is 12.5 Å². The summed E-state index contributed by atoms with van der Waals surface area (Å²) in [6.45, 7) is 0.711. The summed E-state index contributed by atoms with van der Waals surface area (Å²) in [5.41, 5.74) is 6.70. The van der Waals surface area contributed by atoms with E-state index in [0.717, 1.165) is 11.3 Å². The number of likely N-dealkylation sites (N-methyl/N-ethyl adjacent to an activating group) is 1. The molecule has 1 amide bonds. The van der Waals surface area contributed by atoms with E-state index < -0.39 is 0 Å². The summed E-state index contributed by atoms with van der Waals surface area (Å²) >= 11 is 3.25. The number of amides is 1. The molecule has 20 heavy (non-hydrogen) atoms. The van der Waals surface area contributed by atoms with Crippen LogP contribution in [0.1, 0.15) is 17.2 Å². The third kappa shape index (κ3) is 3.49. The van der Waals surface area contributed by atoms with Crippen molar-refractivity contribution in [3.05, 3.63) is 58.5 Å². The lowest BCUT2D eigenvalue weighted by molar-refractivity contribution is -0.132. The highest BCUT2D eigenvalue weighted by atomic mass is 79.9. The van der Waals surface area contributed by atoms with Gasteiger partial charge < -0.3 is 15.1 Å². The number of hydrogen-bond acceptors (Lipinski definition) is 3. The van der Waals surface area contributed by atoms with Gasteiger partial charge in [0.05, 0.1) is 12.5 Å². The van der Waals surface area contributed by atoms with Crippen LogP contribution in [0.4, 0.5) is 0 Å². The van der Waals surface area contributed by atoms with E-state index in [0.29, 0.717) is 11.2 Å². The second kappa shape index (κ2) is 6.72. The van der Waals surface area contributed by atoms with Crippen LogP contribution in [0, 0.1) is 0 Å². The Hall–Kier alpha value is -1.59. The number of furan rings is 1. The lowest BCUT2D eigenvalue weighted by Crippen LogP contribution is -2.34. The van der Waals surface area contributed by atoms with Gasteiger partial charge in [0.1, 0.15) is 5.76 Å². The molecule has 1 aromatic heterocycles. The van der Waals surface area contributed by atoms with Gasteiger partial charge in [-0.1, -0.05) is 30.3 Å². The molecule has 0 fully saturated rings. The first-order valence-corrected chi connectivity index (χ1v) is 7.15. The average Bonchev–Trinajstić information content (AvgIpc) is 2.86. The van der Waals surface area contributed by atoms with E-state index in [1.807, 2.05) is 42.5 Å². The molecule has 0 bridgehead atoms. The second-order valence-corrected chi connectivity index (χ2v) is 5.38. The Bertz CT molecular complexity index is 568. The van der Waals surface area contributed by atoms with Crippen molar-refractivity contribution in [3.8, 4) is 0 Å². The molecule has 1 aromatic carbocycles. The molecule has 0 spiro atoms. The first-order valence-electron chi connectivity index (χ1n) is 6.36. The molecular formula is C15H17BrN2O2. The van der Waals surface area contributed by atoms with E-state index in [-0.39, 0.29) is 18.4 Å². The van der Waals surface area contributed by atoms with Crippen molar-refractivity contribution in [2.24, 2.45) is 5.73 Å². The summed E-state index contributed by atoms with van der Waals surface area (Å²) in [4.78, 5) is 14.1. The molecule has 0 aliphatic heterocycles. The standard InChI is InChI=1S/C15H17BrN2O2/c1-18(10-12-7-8-14(16)20-12)15(19)13(9-17)11-5-3-2-4-6-11/h2-8,13H,9-10,17H2,1H3.